The zero-order valence-corrected chi connectivity index (χ0v) is 15.1. The van der Waals surface area contributed by atoms with Crippen LogP contribution in [0.1, 0.15) is 91.9 Å². The van der Waals surface area contributed by atoms with Gasteiger partial charge in [0, 0.05) is 0 Å². The summed E-state index contributed by atoms with van der Waals surface area (Å²) in [5.74, 6) is 1.96. The summed E-state index contributed by atoms with van der Waals surface area (Å²) in [5, 5.41) is 3.73. The van der Waals surface area contributed by atoms with Crippen molar-refractivity contribution in [1.29, 1.82) is 0 Å². The second-order valence-electron chi connectivity index (χ2n) is 9.61. The molecule has 1 nitrogen and oxygen atoms in total. The monoisotopic (exact) mass is 293 g/mol. The lowest BCUT2D eigenvalue weighted by molar-refractivity contribution is 0.0639. The molecule has 1 heteroatoms. The zero-order valence-electron chi connectivity index (χ0n) is 15.1. The molecule has 2 aliphatic rings. The Morgan fingerprint density at radius 2 is 1.29 bits per heavy atom. The topological polar surface area (TPSA) is 12.0 Å². The van der Waals surface area contributed by atoms with Crippen LogP contribution in [-0.2, 0) is 0 Å². The summed E-state index contributed by atoms with van der Waals surface area (Å²) in [6.07, 6.45) is 14.5. The number of hydrogen-bond donors (Lipinski definition) is 1. The van der Waals surface area contributed by atoms with E-state index in [-0.39, 0.29) is 0 Å². The highest BCUT2D eigenvalue weighted by Gasteiger charge is 2.37. The van der Waals surface area contributed by atoms with E-state index < -0.39 is 0 Å². The van der Waals surface area contributed by atoms with Crippen molar-refractivity contribution in [3.8, 4) is 0 Å². The molecular formula is C20H39N. The van der Waals surface area contributed by atoms with Crippen molar-refractivity contribution in [3.05, 3.63) is 0 Å². The maximum Gasteiger partial charge on any atom is -0.00463 e. The maximum atomic E-state index is 3.73. The fraction of sp³-hybridized carbons (Fsp3) is 1.00. The van der Waals surface area contributed by atoms with Crippen molar-refractivity contribution in [2.45, 2.75) is 91.9 Å². The Labute approximate surface area is 133 Å². The Bertz CT molecular complexity index is 283. The van der Waals surface area contributed by atoms with Crippen LogP contribution in [0, 0.1) is 22.7 Å². The average molecular weight is 294 g/mol. The fourth-order valence-corrected chi connectivity index (χ4v) is 5.49. The molecule has 0 amide bonds. The van der Waals surface area contributed by atoms with Crippen LogP contribution in [0.4, 0.5) is 0 Å². The van der Waals surface area contributed by atoms with E-state index in [9.17, 15) is 0 Å². The van der Waals surface area contributed by atoms with E-state index in [2.05, 4.69) is 33.0 Å². The molecule has 0 aromatic rings. The third-order valence-electron chi connectivity index (χ3n) is 5.82. The Hall–Kier alpha value is -0.0400. The Morgan fingerprint density at radius 1 is 0.762 bits per heavy atom. The molecule has 0 unspecified atom stereocenters. The van der Waals surface area contributed by atoms with Crippen LogP contribution >= 0.6 is 0 Å². The van der Waals surface area contributed by atoms with Gasteiger partial charge in [0.1, 0.15) is 0 Å². The molecule has 2 rings (SSSR count). The molecule has 1 N–H and O–H groups in total. The molecule has 0 heterocycles. The lowest BCUT2D eigenvalue weighted by atomic mass is 9.61. The SMILES string of the molecule is CC1(C)CC(CCNCCC2CCCCC2)CC(C)(C)C1. The molecule has 0 saturated heterocycles. The molecule has 0 bridgehead atoms. The minimum absolute atomic E-state index is 0.550. The largest absolute Gasteiger partial charge is 0.317 e. The first kappa shape index (κ1) is 17.3. The third kappa shape index (κ3) is 6.30. The van der Waals surface area contributed by atoms with Crippen LogP contribution < -0.4 is 5.32 Å². The van der Waals surface area contributed by atoms with Gasteiger partial charge in [0.05, 0.1) is 0 Å². The second-order valence-corrected chi connectivity index (χ2v) is 9.61. The van der Waals surface area contributed by atoms with Gasteiger partial charge < -0.3 is 5.32 Å². The van der Waals surface area contributed by atoms with E-state index in [1.165, 1.54) is 77.3 Å². The summed E-state index contributed by atoms with van der Waals surface area (Å²) in [5.41, 5.74) is 1.10. The molecule has 0 atom stereocenters. The standard InChI is InChI=1S/C20H39N/c1-19(2)14-18(15-20(3,4)16-19)11-13-21-12-10-17-8-6-5-7-9-17/h17-18,21H,5-16H2,1-4H3. The first-order valence-electron chi connectivity index (χ1n) is 9.57. The summed E-state index contributed by atoms with van der Waals surface area (Å²) in [7, 11) is 0. The van der Waals surface area contributed by atoms with E-state index in [0.717, 1.165) is 11.8 Å². The smallest absolute Gasteiger partial charge is 0.00463 e. The van der Waals surface area contributed by atoms with Crippen molar-refractivity contribution < 1.29 is 0 Å². The summed E-state index contributed by atoms with van der Waals surface area (Å²) < 4.78 is 0. The van der Waals surface area contributed by atoms with Crippen molar-refractivity contribution in [2.24, 2.45) is 22.7 Å². The summed E-state index contributed by atoms with van der Waals surface area (Å²) in [6, 6.07) is 0. The number of rotatable bonds is 6. The average Bonchev–Trinajstić information content (AvgIpc) is 2.36. The molecule has 0 radical (unpaired) electrons. The van der Waals surface area contributed by atoms with Gasteiger partial charge >= 0.3 is 0 Å². The molecular weight excluding hydrogens is 254 g/mol. The molecule has 2 aliphatic carbocycles. The van der Waals surface area contributed by atoms with Crippen LogP contribution in [-0.4, -0.2) is 13.1 Å². The first-order valence-corrected chi connectivity index (χ1v) is 9.57. The van der Waals surface area contributed by atoms with Crippen molar-refractivity contribution >= 4 is 0 Å². The van der Waals surface area contributed by atoms with E-state index in [4.69, 9.17) is 0 Å². The van der Waals surface area contributed by atoms with Gasteiger partial charge in [-0.1, -0.05) is 59.8 Å². The Kier molecular flexibility index (Phi) is 6.17. The Balaban J connectivity index is 1.59. The fourth-order valence-electron chi connectivity index (χ4n) is 5.49. The number of hydrogen-bond acceptors (Lipinski definition) is 1. The van der Waals surface area contributed by atoms with Crippen LogP contribution in [0.5, 0.6) is 0 Å². The summed E-state index contributed by atoms with van der Waals surface area (Å²) in [4.78, 5) is 0. The zero-order chi connectivity index (χ0) is 15.3. The highest BCUT2D eigenvalue weighted by molar-refractivity contribution is 4.89. The normalized spacial score (nSPS) is 26.9. The molecule has 0 aliphatic heterocycles. The second kappa shape index (κ2) is 7.49. The van der Waals surface area contributed by atoms with E-state index in [0.29, 0.717) is 10.8 Å². The number of nitrogens with one attached hydrogen (secondary N) is 1. The molecule has 0 aromatic heterocycles. The highest BCUT2D eigenvalue weighted by Crippen LogP contribution is 2.49. The van der Waals surface area contributed by atoms with E-state index in [1.807, 2.05) is 0 Å². The maximum absolute atomic E-state index is 3.73. The van der Waals surface area contributed by atoms with Gasteiger partial charge in [-0.3, -0.25) is 0 Å². The van der Waals surface area contributed by atoms with Gasteiger partial charge in [-0.2, -0.15) is 0 Å². The third-order valence-corrected chi connectivity index (χ3v) is 5.82. The van der Waals surface area contributed by atoms with Crippen molar-refractivity contribution in [2.75, 3.05) is 13.1 Å². The minimum Gasteiger partial charge on any atom is -0.317 e. The van der Waals surface area contributed by atoms with Gasteiger partial charge in [-0.25, -0.2) is 0 Å². The van der Waals surface area contributed by atoms with Crippen LogP contribution in [0.3, 0.4) is 0 Å². The minimum atomic E-state index is 0.550. The van der Waals surface area contributed by atoms with Gasteiger partial charge in [-0.15, -0.1) is 0 Å². The van der Waals surface area contributed by atoms with Crippen LogP contribution in [0.2, 0.25) is 0 Å². The molecule has 124 valence electrons. The van der Waals surface area contributed by atoms with Crippen molar-refractivity contribution in [3.63, 3.8) is 0 Å². The van der Waals surface area contributed by atoms with E-state index >= 15 is 0 Å². The van der Waals surface area contributed by atoms with E-state index in [1.54, 1.807) is 0 Å². The van der Waals surface area contributed by atoms with Crippen LogP contribution in [0.25, 0.3) is 0 Å². The quantitative estimate of drug-likeness (QED) is 0.611. The molecule has 2 fully saturated rings. The Morgan fingerprint density at radius 3 is 1.86 bits per heavy atom. The summed E-state index contributed by atoms with van der Waals surface area (Å²) >= 11 is 0. The molecule has 0 aromatic carbocycles. The van der Waals surface area contributed by atoms with Gasteiger partial charge in [-0.05, 0) is 67.9 Å². The predicted molar refractivity (Wildman–Crippen MR) is 93.6 cm³/mol. The highest BCUT2D eigenvalue weighted by atomic mass is 14.8. The van der Waals surface area contributed by atoms with Gasteiger partial charge in [0.25, 0.3) is 0 Å². The lowest BCUT2D eigenvalue weighted by Crippen LogP contribution is -2.35. The first-order chi connectivity index (χ1) is 9.86. The lowest BCUT2D eigenvalue weighted by Gasteiger charge is -2.45. The van der Waals surface area contributed by atoms with Gasteiger partial charge in [0.15, 0.2) is 0 Å². The van der Waals surface area contributed by atoms with Crippen molar-refractivity contribution in [1.82, 2.24) is 5.32 Å². The molecule has 2 saturated carbocycles. The summed E-state index contributed by atoms with van der Waals surface area (Å²) in [6.45, 7) is 12.4. The molecule has 21 heavy (non-hydrogen) atoms. The predicted octanol–water partition coefficient (Wildman–Crippen LogP) is 5.79. The van der Waals surface area contributed by atoms with Crippen LogP contribution in [0.15, 0.2) is 0 Å². The molecule has 0 spiro atoms. The van der Waals surface area contributed by atoms with Gasteiger partial charge in [0.2, 0.25) is 0 Å².